The first-order valence-corrected chi connectivity index (χ1v) is 20.1. The third-order valence-electron chi connectivity index (χ3n) is 11.0. The van der Waals surface area contributed by atoms with E-state index >= 15 is 0 Å². The number of nitrogens with one attached hydrogen (secondary N) is 1. The van der Waals surface area contributed by atoms with Crippen LogP contribution >= 0.6 is 0 Å². The van der Waals surface area contributed by atoms with E-state index in [1.807, 2.05) is 27.7 Å². The second-order valence-corrected chi connectivity index (χ2v) is 13.6. The van der Waals surface area contributed by atoms with E-state index < -0.39 is 10.8 Å². The van der Waals surface area contributed by atoms with Crippen LogP contribution in [0.5, 0.6) is 0 Å². The maximum absolute atomic E-state index is 3.81. The first-order valence-electron chi connectivity index (χ1n) is 20.1. The molecule has 0 amide bonds. The molecule has 1 N–H and O–H groups in total. The molecule has 2 aliphatic rings. The molecule has 55 heavy (non-hydrogen) atoms. The van der Waals surface area contributed by atoms with E-state index in [2.05, 4.69) is 215 Å². The lowest BCUT2D eigenvalue weighted by atomic mass is 9.66. The van der Waals surface area contributed by atoms with Gasteiger partial charge in [0.05, 0.1) is 10.8 Å². The molecule has 0 radical (unpaired) electrons. The van der Waals surface area contributed by atoms with Crippen LogP contribution in [0.25, 0.3) is 16.7 Å². The molecule has 0 aliphatic heterocycles. The lowest BCUT2D eigenvalue weighted by Gasteiger charge is -2.35. The zero-order valence-electron chi connectivity index (χ0n) is 33.8. The van der Waals surface area contributed by atoms with Crippen molar-refractivity contribution >= 4 is 16.9 Å². The lowest BCUT2D eigenvalue weighted by molar-refractivity contribution is 0.761. The Bertz CT molecular complexity index is 2350. The van der Waals surface area contributed by atoms with Gasteiger partial charge in [-0.1, -0.05) is 185 Å². The molecule has 0 bridgehead atoms. The van der Waals surface area contributed by atoms with Crippen molar-refractivity contribution in [3.63, 3.8) is 0 Å². The zero-order valence-corrected chi connectivity index (χ0v) is 33.8. The van der Waals surface area contributed by atoms with Gasteiger partial charge in [0.15, 0.2) is 0 Å². The Labute approximate surface area is 330 Å². The molecule has 276 valence electrons. The van der Waals surface area contributed by atoms with Crippen LogP contribution in [0, 0.1) is 0 Å². The molecule has 2 aliphatic carbocycles. The Hall–Kier alpha value is -5.92. The van der Waals surface area contributed by atoms with Crippen molar-refractivity contribution in [3.05, 3.63) is 232 Å². The van der Waals surface area contributed by atoms with E-state index in [1.54, 1.807) is 0 Å². The van der Waals surface area contributed by atoms with E-state index in [4.69, 9.17) is 0 Å². The van der Waals surface area contributed by atoms with Gasteiger partial charge in [-0.3, -0.25) is 0 Å². The van der Waals surface area contributed by atoms with Crippen LogP contribution in [0.2, 0.25) is 0 Å². The fourth-order valence-corrected chi connectivity index (χ4v) is 9.02. The van der Waals surface area contributed by atoms with E-state index in [9.17, 15) is 0 Å². The largest absolute Gasteiger partial charge is 0.356 e. The number of rotatable bonds is 8. The summed E-state index contributed by atoms with van der Waals surface area (Å²) in [5, 5.41) is 3.81. The topological polar surface area (TPSA) is 12.0 Å². The van der Waals surface area contributed by atoms with Crippen LogP contribution in [0.1, 0.15) is 94.3 Å². The van der Waals surface area contributed by atoms with Gasteiger partial charge in [0.25, 0.3) is 0 Å². The third kappa shape index (κ3) is 6.32. The molecule has 0 saturated carbocycles. The van der Waals surface area contributed by atoms with Crippen molar-refractivity contribution in [2.24, 2.45) is 0 Å². The summed E-state index contributed by atoms with van der Waals surface area (Å²) in [5.41, 5.74) is 16.9. The second-order valence-electron chi connectivity index (χ2n) is 13.6. The molecule has 2 unspecified atom stereocenters. The van der Waals surface area contributed by atoms with Crippen molar-refractivity contribution in [2.45, 2.75) is 66.2 Å². The maximum Gasteiger partial charge on any atom is 0.0711 e. The van der Waals surface area contributed by atoms with Crippen molar-refractivity contribution in [1.82, 2.24) is 0 Å². The predicted octanol–water partition coefficient (Wildman–Crippen LogP) is 15.0. The molecular formula is C54H55N. The average Bonchev–Trinajstić information content (AvgIpc) is 3.69. The van der Waals surface area contributed by atoms with Crippen molar-refractivity contribution in [3.8, 4) is 11.1 Å². The summed E-state index contributed by atoms with van der Waals surface area (Å²) in [5.74, 6) is 0. The Balaban J connectivity index is 0.00000125. The fourth-order valence-electron chi connectivity index (χ4n) is 9.02. The Morgan fingerprint density at radius 3 is 1.64 bits per heavy atom. The van der Waals surface area contributed by atoms with Crippen LogP contribution in [-0.4, -0.2) is 0 Å². The molecule has 0 saturated heterocycles. The molecular weight excluding hydrogens is 663 g/mol. The van der Waals surface area contributed by atoms with Crippen LogP contribution in [0.3, 0.4) is 0 Å². The molecule has 6 aromatic carbocycles. The molecule has 0 spiro atoms. The van der Waals surface area contributed by atoms with Gasteiger partial charge in [-0.15, -0.1) is 0 Å². The standard InChI is InChI=1S/C50H43N.2C2H6/c1-5-18-36(7-3)49(37-20-10-8-11-21-37)47-27-17-15-25-43(47)44-33-32-41(34-48(44)49)51-40-30-28-39(29-31-40)50(38-22-12-9-13-23-38)45(19-6-2)35(4)42-24-14-16-26-46(42)50;2*1-2/h5-34,51H,1-4H3;2*1-2H3/b18-5-,19-6-,36-7+;;. The number of benzene rings is 6. The van der Waals surface area contributed by atoms with Gasteiger partial charge in [0, 0.05) is 11.4 Å². The Morgan fingerprint density at radius 1 is 0.491 bits per heavy atom. The van der Waals surface area contributed by atoms with Crippen molar-refractivity contribution in [2.75, 3.05) is 5.32 Å². The number of anilines is 2. The van der Waals surface area contributed by atoms with Gasteiger partial charge in [0.1, 0.15) is 0 Å². The molecule has 0 fully saturated rings. The average molecular weight is 718 g/mol. The van der Waals surface area contributed by atoms with Crippen LogP contribution < -0.4 is 5.32 Å². The number of hydrogen-bond donors (Lipinski definition) is 1. The maximum atomic E-state index is 3.81. The van der Waals surface area contributed by atoms with Crippen molar-refractivity contribution < 1.29 is 0 Å². The Morgan fingerprint density at radius 2 is 1.02 bits per heavy atom. The van der Waals surface area contributed by atoms with Gasteiger partial charge < -0.3 is 5.32 Å². The van der Waals surface area contributed by atoms with Gasteiger partial charge in [-0.25, -0.2) is 0 Å². The number of allylic oxidation sites excluding steroid dienone is 8. The summed E-state index contributed by atoms with van der Waals surface area (Å²) in [7, 11) is 0. The van der Waals surface area contributed by atoms with E-state index in [1.165, 1.54) is 66.8 Å². The van der Waals surface area contributed by atoms with E-state index in [0.29, 0.717) is 0 Å². The molecule has 1 heteroatoms. The minimum Gasteiger partial charge on any atom is -0.356 e. The minimum absolute atomic E-state index is 0.405. The summed E-state index contributed by atoms with van der Waals surface area (Å²) in [6, 6.07) is 55.8. The van der Waals surface area contributed by atoms with E-state index in [0.717, 1.165) is 11.4 Å². The number of hydrogen-bond acceptors (Lipinski definition) is 1. The molecule has 0 heterocycles. The normalized spacial score (nSPS) is 18.2. The minimum atomic E-state index is -0.429. The first kappa shape index (κ1) is 38.8. The molecule has 6 aromatic rings. The fraction of sp³-hybridized carbons (Fsp3) is 0.185. The lowest BCUT2D eigenvalue weighted by Crippen LogP contribution is -2.29. The summed E-state index contributed by atoms with van der Waals surface area (Å²) in [6.45, 7) is 16.7. The summed E-state index contributed by atoms with van der Waals surface area (Å²) in [6.07, 6.45) is 11.2. The molecule has 2 atom stereocenters. The highest BCUT2D eigenvalue weighted by Crippen LogP contribution is 2.58. The summed E-state index contributed by atoms with van der Waals surface area (Å²) < 4.78 is 0. The van der Waals surface area contributed by atoms with E-state index in [-0.39, 0.29) is 0 Å². The monoisotopic (exact) mass is 717 g/mol. The second kappa shape index (κ2) is 17.0. The first-order chi connectivity index (χ1) is 27.1. The van der Waals surface area contributed by atoms with Crippen LogP contribution in [0.15, 0.2) is 193 Å². The van der Waals surface area contributed by atoms with Gasteiger partial charge in [-0.05, 0) is 119 Å². The smallest absolute Gasteiger partial charge is 0.0711 e. The summed E-state index contributed by atoms with van der Waals surface area (Å²) >= 11 is 0. The highest BCUT2D eigenvalue weighted by atomic mass is 14.9. The van der Waals surface area contributed by atoms with Gasteiger partial charge >= 0.3 is 0 Å². The molecule has 1 nitrogen and oxygen atoms in total. The van der Waals surface area contributed by atoms with Crippen LogP contribution in [0.4, 0.5) is 11.4 Å². The summed E-state index contributed by atoms with van der Waals surface area (Å²) in [4.78, 5) is 0. The van der Waals surface area contributed by atoms with Crippen LogP contribution in [-0.2, 0) is 10.8 Å². The molecule has 0 aromatic heterocycles. The molecule has 8 rings (SSSR count). The van der Waals surface area contributed by atoms with Gasteiger partial charge in [-0.2, -0.15) is 0 Å². The predicted molar refractivity (Wildman–Crippen MR) is 239 cm³/mol. The zero-order chi connectivity index (χ0) is 39.0. The van der Waals surface area contributed by atoms with Crippen molar-refractivity contribution in [1.29, 1.82) is 0 Å². The SMILES string of the molecule is C/C=C\C1=C(C)c2ccccc2C1(c1ccccc1)c1ccc(Nc2ccc3c(c2)C(C(/C=C\C)=C/C)(c2ccccc2)c2ccccc2-3)cc1.CC.CC. The quantitative estimate of drug-likeness (QED) is 0.155. The third-order valence-corrected chi connectivity index (χ3v) is 11.0. The highest BCUT2D eigenvalue weighted by molar-refractivity contribution is 5.89. The van der Waals surface area contributed by atoms with Gasteiger partial charge in [0.2, 0.25) is 0 Å². The Kier molecular flexibility index (Phi) is 12.0. The highest BCUT2D eigenvalue weighted by Gasteiger charge is 2.47. The number of fused-ring (bicyclic) bond motifs is 4.